The van der Waals surface area contributed by atoms with E-state index in [0.717, 1.165) is 41.0 Å². The molecule has 182 valence electrons. The summed E-state index contributed by atoms with van der Waals surface area (Å²) in [7, 11) is 1.30. The summed E-state index contributed by atoms with van der Waals surface area (Å²) in [5, 5.41) is 13.4. The number of hydrogen-bond donors (Lipinski definition) is 2. The largest absolute Gasteiger partial charge is 0.465 e. The number of anilines is 1. The number of aryl methyl sites for hydroxylation is 1. The third kappa shape index (κ3) is 6.38. The minimum atomic E-state index is -0.660. The van der Waals surface area contributed by atoms with Gasteiger partial charge in [-0.1, -0.05) is 17.8 Å². The highest BCUT2D eigenvalue weighted by Gasteiger charge is 2.30. The van der Waals surface area contributed by atoms with Crippen LogP contribution in [0.1, 0.15) is 35.7 Å². The van der Waals surface area contributed by atoms with E-state index in [1.54, 1.807) is 24.3 Å². The van der Waals surface area contributed by atoms with E-state index in [9.17, 15) is 14.4 Å². The van der Waals surface area contributed by atoms with Gasteiger partial charge in [0.2, 0.25) is 18.6 Å². The molecule has 0 spiro atoms. The van der Waals surface area contributed by atoms with Crippen LogP contribution in [-0.4, -0.2) is 47.8 Å². The van der Waals surface area contributed by atoms with Gasteiger partial charge in [-0.3, -0.25) is 9.59 Å². The predicted octanol–water partition coefficient (Wildman–Crippen LogP) is 3.13. The lowest BCUT2D eigenvalue weighted by Gasteiger charge is -2.21. The van der Waals surface area contributed by atoms with Crippen molar-refractivity contribution >= 4 is 46.1 Å². The highest BCUT2D eigenvalue weighted by atomic mass is 32.2. The first-order valence-corrected chi connectivity index (χ1v) is 11.7. The van der Waals surface area contributed by atoms with Crippen LogP contribution in [0.5, 0.6) is 11.5 Å². The molecule has 11 heteroatoms. The summed E-state index contributed by atoms with van der Waals surface area (Å²) in [6.45, 7) is 2.09. The second-order valence-electron chi connectivity index (χ2n) is 7.85. The van der Waals surface area contributed by atoms with Crippen molar-refractivity contribution in [3.05, 3.63) is 53.6 Å². The molecule has 1 atom stereocenters. The monoisotopic (exact) mass is 496 g/mol. The Morgan fingerprint density at radius 1 is 1.17 bits per heavy atom. The number of thioether (sulfide) groups is 1. The maximum Gasteiger partial charge on any atom is 0.337 e. The summed E-state index contributed by atoms with van der Waals surface area (Å²) in [6, 6.07) is 12.1. The molecular weight excluding hydrogens is 472 g/mol. The lowest BCUT2D eigenvalue weighted by atomic mass is 10.1. The minimum absolute atomic E-state index is 0.0164. The van der Waals surface area contributed by atoms with Gasteiger partial charge in [-0.15, -0.1) is 5.10 Å². The summed E-state index contributed by atoms with van der Waals surface area (Å²) in [6.07, 6.45) is 1.43. The number of amides is 2. The Morgan fingerprint density at radius 2 is 1.94 bits per heavy atom. The Hall–Kier alpha value is -3.86. The third-order valence-electron chi connectivity index (χ3n) is 5.26. The molecule has 35 heavy (non-hydrogen) atoms. The van der Waals surface area contributed by atoms with E-state index in [1.807, 2.05) is 25.1 Å². The molecular formula is C24H24N4O6S. The molecule has 1 saturated heterocycles. The molecule has 2 aliphatic heterocycles. The number of methoxy groups -OCH3 is 1. The summed E-state index contributed by atoms with van der Waals surface area (Å²) in [4.78, 5) is 36.4. The molecule has 10 nitrogen and oxygen atoms in total. The topological polar surface area (TPSA) is 128 Å². The maximum absolute atomic E-state index is 12.7. The van der Waals surface area contributed by atoms with E-state index in [4.69, 9.17) is 9.47 Å². The van der Waals surface area contributed by atoms with Crippen LogP contribution in [0.15, 0.2) is 52.7 Å². The fourth-order valence-electron chi connectivity index (χ4n) is 3.37. The predicted molar refractivity (Wildman–Crippen MR) is 132 cm³/mol. The number of nitrogens with one attached hydrogen (secondary N) is 2. The number of fused-ring (bicyclic) bond motifs is 1. The lowest BCUT2D eigenvalue weighted by molar-refractivity contribution is -0.123. The number of rotatable bonds is 7. The average molecular weight is 497 g/mol. The molecule has 4 rings (SSSR count). The van der Waals surface area contributed by atoms with Crippen LogP contribution in [0.25, 0.3) is 0 Å². The molecule has 1 fully saturated rings. The van der Waals surface area contributed by atoms with Crippen molar-refractivity contribution in [1.82, 2.24) is 5.32 Å². The number of amidine groups is 1. The lowest BCUT2D eigenvalue weighted by Crippen LogP contribution is -2.41. The van der Waals surface area contributed by atoms with Gasteiger partial charge in [-0.05, 0) is 61.7 Å². The fourth-order valence-corrected chi connectivity index (χ4v) is 4.30. The Labute approximate surface area is 206 Å². The zero-order valence-corrected chi connectivity index (χ0v) is 20.0. The van der Waals surface area contributed by atoms with E-state index in [2.05, 4.69) is 25.6 Å². The van der Waals surface area contributed by atoms with Crippen molar-refractivity contribution < 1.29 is 28.6 Å². The first kappa shape index (κ1) is 24.3. The van der Waals surface area contributed by atoms with E-state index in [1.165, 1.54) is 7.11 Å². The van der Waals surface area contributed by atoms with Crippen molar-refractivity contribution in [3.63, 3.8) is 0 Å². The first-order valence-electron chi connectivity index (χ1n) is 10.9. The number of ether oxygens (including phenoxy) is 3. The fraction of sp³-hybridized carbons (Fsp3) is 0.292. The third-order valence-corrected chi connectivity index (χ3v) is 6.33. The van der Waals surface area contributed by atoms with Gasteiger partial charge in [0.25, 0.3) is 0 Å². The summed E-state index contributed by atoms with van der Waals surface area (Å²) >= 11 is 1.14. The number of carbonyl (C=O) groups is 3. The van der Waals surface area contributed by atoms with Crippen LogP contribution in [0.3, 0.4) is 0 Å². The molecule has 0 bridgehead atoms. The summed E-state index contributed by atoms with van der Waals surface area (Å²) < 4.78 is 15.4. The Balaban J connectivity index is 1.33. The van der Waals surface area contributed by atoms with Gasteiger partial charge < -0.3 is 24.8 Å². The molecule has 2 aromatic carbocycles. The summed E-state index contributed by atoms with van der Waals surface area (Å²) in [5.74, 6) is 0.369. The number of esters is 1. The molecule has 2 N–H and O–H groups in total. The van der Waals surface area contributed by atoms with Crippen LogP contribution in [0.2, 0.25) is 0 Å². The second kappa shape index (κ2) is 11.0. The molecule has 0 aromatic heterocycles. The zero-order chi connectivity index (χ0) is 24.8. The van der Waals surface area contributed by atoms with Crippen LogP contribution in [0.4, 0.5) is 5.69 Å². The van der Waals surface area contributed by atoms with Crippen molar-refractivity contribution in [2.45, 2.75) is 31.4 Å². The quantitative estimate of drug-likeness (QED) is 0.342. The molecule has 0 aliphatic carbocycles. The van der Waals surface area contributed by atoms with Gasteiger partial charge in [0.05, 0.1) is 12.7 Å². The van der Waals surface area contributed by atoms with E-state index in [0.29, 0.717) is 17.7 Å². The van der Waals surface area contributed by atoms with Gasteiger partial charge in [0, 0.05) is 17.8 Å². The highest BCUT2D eigenvalue weighted by molar-refractivity contribution is 8.15. The Kier molecular flexibility index (Phi) is 7.66. The van der Waals surface area contributed by atoms with Gasteiger partial charge in [0.1, 0.15) is 5.25 Å². The van der Waals surface area contributed by atoms with Crippen LogP contribution in [-0.2, 0) is 20.7 Å². The van der Waals surface area contributed by atoms with E-state index < -0.39 is 11.2 Å². The zero-order valence-electron chi connectivity index (χ0n) is 19.2. The average Bonchev–Trinajstić information content (AvgIpc) is 3.34. The molecule has 2 aliphatic rings. The smallest absolute Gasteiger partial charge is 0.337 e. The van der Waals surface area contributed by atoms with Crippen LogP contribution < -0.4 is 20.1 Å². The van der Waals surface area contributed by atoms with Crippen molar-refractivity contribution in [2.75, 3.05) is 19.2 Å². The molecule has 2 aromatic rings. The van der Waals surface area contributed by atoms with Crippen LogP contribution >= 0.6 is 11.8 Å². The second-order valence-corrected chi connectivity index (χ2v) is 9.04. The Bertz CT molecular complexity index is 1200. The van der Waals surface area contributed by atoms with Gasteiger partial charge >= 0.3 is 5.97 Å². The number of carbonyl (C=O) groups excluding carboxylic acids is 3. The van der Waals surface area contributed by atoms with Gasteiger partial charge in [-0.25, -0.2) is 4.79 Å². The molecule has 2 heterocycles. The van der Waals surface area contributed by atoms with Crippen molar-refractivity contribution in [1.29, 1.82) is 0 Å². The van der Waals surface area contributed by atoms with Gasteiger partial charge in [0.15, 0.2) is 16.7 Å². The van der Waals surface area contributed by atoms with Gasteiger partial charge in [-0.2, -0.15) is 5.10 Å². The molecule has 0 radical (unpaired) electrons. The van der Waals surface area contributed by atoms with Crippen molar-refractivity contribution in [2.24, 2.45) is 10.2 Å². The minimum Gasteiger partial charge on any atom is -0.465 e. The van der Waals surface area contributed by atoms with Crippen LogP contribution in [0, 0.1) is 0 Å². The highest BCUT2D eigenvalue weighted by Crippen LogP contribution is 2.32. The number of nitrogens with zero attached hydrogens (tertiary/aromatic N) is 2. The van der Waals surface area contributed by atoms with Crippen molar-refractivity contribution in [3.8, 4) is 11.5 Å². The molecule has 0 saturated carbocycles. The Morgan fingerprint density at radius 3 is 2.71 bits per heavy atom. The standard InChI is InChI=1S/C24H24N4O6S/c1-14(3-4-15-5-10-18-19(11-15)34-13-33-18)27-28-24-26-21(29)12-20(35-24)22(30)25-17-8-6-16(7-9-17)23(31)32-2/h5-11,20H,3-4,12-13H2,1-2H3,(H,25,30)(H,26,28,29)/b27-14+. The number of hydrogen-bond acceptors (Lipinski definition) is 9. The van der Waals surface area contributed by atoms with E-state index >= 15 is 0 Å². The normalized spacial score (nSPS) is 18.2. The first-order chi connectivity index (χ1) is 16.9. The summed E-state index contributed by atoms with van der Waals surface area (Å²) in [5.41, 5.74) is 2.75. The van der Waals surface area contributed by atoms with E-state index in [-0.39, 0.29) is 30.2 Å². The SMILES string of the molecule is COC(=O)c1ccc(NC(=O)C2CC(=O)N/C(=N\N=C(/C)CCc3ccc4c(c3)OCO4)S2)cc1. The number of benzene rings is 2. The molecule has 2 amide bonds. The maximum atomic E-state index is 12.7. The molecule has 1 unspecified atom stereocenters.